The highest BCUT2D eigenvalue weighted by Gasteiger charge is 2.05. The summed E-state index contributed by atoms with van der Waals surface area (Å²) in [5.74, 6) is -0.363. The molecule has 0 aromatic heterocycles. The number of halogens is 2. The van der Waals surface area contributed by atoms with Gasteiger partial charge in [0.2, 0.25) is 0 Å². The minimum atomic E-state index is -0.363. The summed E-state index contributed by atoms with van der Waals surface area (Å²) in [4.78, 5) is 0. The lowest BCUT2D eigenvalue weighted by Gasteiger charge is -2.12. The van der Waals surface area contributed by atoms with Crippen LogP contribution in [0.5, 0.6) is 0 Å². The van der Waals surface area contributed by atoms with Crippen LogP contribution in [0.3, 0.4) is 0 Å². The third-order valence-electron chi connectivity index (χ3n) is 2.52. The van der Waals surface area contributed by atoms with E-state index in [4.69, 9.17) is 17.3 Å². The average Bonchev–Trinajstić information content (AvgIpc) is 2.28. The monoisotopic (exact) mass is 250 g/mol. The van der Waals surface area contributed by atoms with Crippen LogP contribution < -0.4 is 11.1 Å². The molecule has 0 amide bonds. The Bertz CT molecular complexity index is 555. The van der Waals surface area contributed by atoms with Gasteiger partial charge < -0.3 is 11.1 Å². The normalized spacial score (nSPS) is 10.3. The highest BCUT2D eigenvalue weighted by Crippen LogP contribution is 2.30. The van der Waals surface area contributed by atoms with Crippen molar-refractivity contribution >= 4 is 28.7 Å². The largest absolute Gasteiger partial charge is 0.397 e. The van der Waals surface area contributed by atoms with Crippen LogP contribution in [0.25, 0.3) is 0 Å². The molecule has 0 aliphatic rings. The van der Waals surface area contributed by atoms with Crippen LogP contribution in [0.4, 0.5) is 21.5 Å². The first-order valence-corrected chi connectivity index (χ1v) is 5.53. The molecule has 0 aliphatic carbocycles. The van der Waals surface area contributed by atoms with Crippen LogP contribution in [-0.4, -0.2) is 0 Å². The van der Waals surface area contributed by atoms with Gasteiger partial charge in [0, 0.05) is 0 Å². The van der Waals surface area contributed by atoms with Crippen molar-refractivity contribution in [3.8, 4) is 0 Å². The third-order valence-corrected chi connectivity index (χ3v) is 2.84. The van der Waals surface area contributed by atoms with Crippen molar-refractivity contribution in [1.82, 2.24) is 0 Å². The summed E-state index contributed by atoms with van der Waals surface area (Å²) >= 11 is 5.93. The Morgan fingerprint density at radius 1 is 1.18 bits per heavy atom. The molecule has 0 saturated carbocycles. The number of benzene rings is 2. The van der Waals surface area contributed by atoms with Gasteiger partial charge in [-0.3, -0.25) is 0 Å². The summed E-state index contributed by atoms with van der Waals surface area (Å²) in [6.45, 7) is 1.92. The predicted molar refractivity (Wildman–Crippen MR) is 70.3 cm³/mol. The van der Waals surface area contributed by atoms with Gasteiger partial charge in [-0.25, -0.2) is 4.39 Å². The zero-order valence-electron chi connectivity index (χ0n) is 9.30. The number of hydrogen-bond acceptors (Lipinski definition) is 2. The molecule has 2 aromatic carbocycles. The van der Waals surface area contributed by atoms with Crippen molar-refractivity contribution in [2.24, 2.45) is 0 Å². The number of nitrogens with two attached hydrogens (primary N) is 1. The van der Waals surface area contributed by atoms with E-state index < -0.39 is 0 Å². The summed E-state index contributed by atoms with van der Waals surface area (Å²) in [6.07, 6.45) is 0. The molecular formula is C13H12ClFN2. The minimum absolute atomic E-state index is 0.325. The van der Waals surface area contributed by atoms with Crippen LogP contribution in [0, 0.1) is 12.7 Å². The number of nitrogen functional groups attached to an aromatic ring is 1. The molecular weight excluding hydrogens is 239 g/mol. The molecule has 0 spiro atoms. The number of rotatable bonds is 2. The number of para-hydroxylation sites is 1. The lowest BCUT2D eigenvalue weighted by molar-refractivity contribution is 0.628. The summed E-state index contributed by atoms with van der Waals surface area (Å²) in [7, 11) is 0. The standard InChI is InChI=1S/C13H12ClFN2/c1-8-3-2-4-12(13(8)16)17-11-6-5-9(15)7-10(11)14/h2-7,17H,16H2,1H3. The lowest BCUT2D eigenvalue weighted by atomic mass is 10.1. The Hall–Kier alpha value is -1.74. The second-order valence-electron chi connectivity index (χ2n) is 3.79. The molecule has 0 aliphatic heterocycles. The summed E-state index contributed by atoms with van der Waals surface area (Å²) in [5, 5.41) is 3.41. The maximum Gasteiger partial charge on any atom is 0.124 e. The van der Waals surface area contributed by atoms with E-state index in [1.54, 1.807) is 6.07 Å². The molecule has 17 heavy (non-hydrogen) atoms. The zero-order chi connectivity index (χ0) is 12.4. The fourth-order valence-corrected chi connectivity index (χ4v) is 1.74. The average molecular weight is 251 g/mol. The zero-order valence-corrected chi connectivity index (χ0v) is 10.1. The van der Waals surface area contributed by atoms with Crippen LogP contribution >= 0.6 is 11.6 Å². The van der Waals surface area contributed by atoms with Crippen molar-refractivity contribution in [1.29, 1.82) is 0 Å². The molecule has 2 rings (SSSR count). The molecule has 2 aromatic rings. The second kappa shape index (κ2) is 4.63. The first-order chi connectivity index (χ1) is 8.08. The fourth-order valence-electron chi connectivity index (χ4n) is 1.53. The quantitative estimate of drug-likeness (QED) is 0.787. The molecule has 88 valence electrons. The van der Waals surface area contributed by atoms with E-state index >= 15 is 0 Å². The first kappa shape index (κ1) is 11.7. The molecule has 3 N–H and O–H groups in total. The Morgan fingerprint density at radius 2 is 1.94 bits per heavy atom. The van der Waals surface area contributed by atoms with E-state index in [1.807, 2.05) is 25.1 Å². The van der Waals surface area contributed by atoms with Gasteiger partial charge >= 0.3 is 0 Å². The molecule has 0 heterocycles. The van der Waals surface area contributed by atoms with Crippen LogP contribution in [0.2, 0.25) is 5.02 Å². The van der Waals surface area contributed by atoms with Crippen molar-refractivity contribution < 1.29 is 4.39 Å². The molecule has 0 unspecified atom stereocenters. The van der Waals surface area contributed by atoms with E-state index in [2.05, 4.69) is 5.32 Å². The van der Waals surface area contributed by atoms with Crippen molar-refractivity contribution in [2.45, 2.75) is 6.92 Å². The van der Waals surface area contributed by atoms with Gasteiger partial charge in [-0.1, -0.05) is 23.7 Å². The van der Waals surface area contributed by atoms with E-state index in [1.165, 1.54) is 12.1 Å². The maximum atomic E-state index is 12.9. The van der Waals surface area contributed by atoms with Crippen LogP contribution in [0.1, 0.15) is 5.56 Å². The van der Waals surface area contributed by atoms with Crippen LogP contribution in [0.15, 0.2) is 36.4 Å². The topological polar surface area (TPSA) is 38.0 Å². The van der Waals surface area contributed by atoms with Gasteiger partial charge in [-0.05, 0) is 36.8 Å². The Kier molecular flexibility index (Phi) is 3.20. The van der Waals surface area contributed by atoms with Gasteiger partial charge in [-0.2, -0.15) is 0 Å². The Morgan fingerprint density at radius 3 is 2.65 bits per heavy atom. The fraction of sp³-hybridized carbons (Fsp3) is 0.0769. The first-order valence-electron chi connectivity index (χ1n) is 5.15. The molecule has 4 heteroatoms. The number of aryl methyl sites for hydroxylation is 1. The SMILES string of the molecule is Cc1cccc(Nc2ccc(F)cc2Cl)c1N. The minimum Gasteiger partial charge on any atom is -0.397 e. The summed E-state index contributed by atoms with van der Waals surface area (Å²) < 4.78 is 12.9. The van der Waals surface area contributed by atoms with Gasteiger partial charge in [0.1, 0.15) is 5.82 Å². The molecule has 0 bridgehead atoms. The number of anilines is 3. The smallest absolute Gasteiger partial charge is 0.124 e. The van der Waals surface area contributed by atoms with Crippen molar-refractivity contribution in [3.05, 3.63) is 52.8 Å². The molecule has 0 saturated heterocycles. The molecule has 0 fully saturated rings. The predicted octanol–water partition coefficient (Wildman–Crippen LogP) is 4.11. The Labute approximate surface area is 104 Å². The second-order valence-corrected chi connectivity index (χ2v) is 4.19. The lowest BCUT2D eigenvalue weighted by Crippen LogP contribution is -1.98. The van der Waals surface area contributed by atoms with Crippen LogP contribution in [-0.2, 0) is 0 Å². The van der Waals surface area contributed by atoms with E-state index in [0.29, 0.717) is 16.4 Å². The van der Waals surface area contributed by atoms with Gasteiger partial charge in [0.05, 0.1) is 22.1 Å². The van der Waals surface area contributed by atoms with Gasteiger partial charge in [0.15, 0.2) is 0 Å². The van der Waals surface area contributed by atoms with Gasteiger partial charge in [-0.15, -0.1) is 0 Å². The number of nitrogens with one attached hydrogen (secondary N) is 1. The maximum absolute atomic E-state index is 12.9. The third kappa shape index (κ3) is 2.50. The van der Waals surface area contributed by atoms with Crippen molar-refractivity contribution in [2.75, 3.05) is 11.1 Å². The number of hydrogen-bond donors (Lipinski definition) is 2. The molecule has 0 radical (unpaired) electrons. The summed E-state index contributed by atoms with van der Waals surface area (Å²) in [5.41, 5.74) is 8.96. The van der Waals surface area contributed by atoms with E-state index in [0.717, 1.165) is 11.3 Å². The Balaban J connectivity index is 2.35. The highest BCUT2D eigenvalue weighted by molar-refractivity contribution is 6.33. The van der Waals surface area contributed by atoms with E-state index in [-0.39, 0.29) is 5.82 Å². The van der Waals surface area contributed by atoms with Crippen molar-refractivity contribution in [3.63, 3.8) is 0 Å². The highest BCUT2D eigenvalue weighted by atomic mass is 35.5. The molecule has 2 nitrogen and oxygen atoms in total. The summed E-state index contributed by atoms with van der Waals surface area (Å²) in [6, 6.07) is 9.86. The molecule has 0 atom stereocenters. The van der Waals surface area contributed by atoms with E-state index in [9.17, 15) is 4.39 Å². The van der Waals surface area contributed by atoms with Gasteiger partial charge in [0.25, 0.3) is 0 Å².